The third kappa shape index (κ3) is 3.19. The third-order valence-electron chi connectivity index (χ3n) is 6.04. The summed E-state index contributed by atoms with van der Waals surface area (Å²) in [7, 11) is -4.07. The number of hydrogen-bond acceptors (Lipinski definition) is 4. The monoisotopic (exact) mass is 515 g/mol. The van der Waals surface area contributed by atoms with Gasteiger partial charge >= 0.3 is 197 Å². The van der Waals surface area contributed by atoms with E-state index in [1.54, 1.807) is 0 Å². The van der Waals surface area contributed by atoms with Crippen LogP contribution in [0.1, 0.15) is 5.56 Å². The minimum absolute atomic E-state index is 0.0981. The van der Waals surface area contributed by atoms with Crippen molar-refractivity contribution in [2.24, 2.45) is 4.99 Å². The fourth-order valence-corrected chi connectivity index (χ4v) is 9.74. The average Bonchev–Trinajstić information content (AvgIpc) is 3.21. The van der Waals surface area contributed by atoms with Crippen molar-refractivity contribution in [1.29, 1.82) is 0 Å². The Morgan fingerprint density at radius 3 is 1.54 bits per heavy atom. The molecule has 1 heterocycles. The number of alkyl halides is 6. The zero-order chi connectivity index (χ0) is 25.6. The summed E-state index contributed by atoms with van der Waals surface area (Å²) in [5.74, 6) is -0.491. The zero-order valence-electron chi connectivity index (χ0n) is 18.5. The van der Waals surface area contributed by atoms with Crippen molar-refractivity contribution in [2.75, 3.05) is 14.2 Å². The van der Waals surface area contributed by atoms with E-state index in [9.17, 15) is 0 Å². The van der Waals surface area contributed by atoms with E-state index in [1.807, 2.05) is 0 Å². The summed E-state index contributed by atoms with van der Waals surface area (Å²) in [5, 5.41) is -5.57. The van der Waals surface area contributed by atoms with Crippen LogP contribution < -0.4 is 15.3 Å². The fraction of sp³-hybridized carbons (Fsp3) is 0.208. The molecule has 0 aromatic heterocycles. The molecule has 1 aliphatic heterocycles. The molecule has 0 amide bonds. The predicted octanol–water partition coefficient (Wildman–Crippen LogP) is 5.97. The second-order valence-electron chi connectivity index (χ2n) is 7.72. The molecule has 3 aromatic rings. The Balaban J connectivity index is 2.22. The van der Waals surface area contributed by atoms with Gasteiger partial charge in [0.05, 0.1) is 0 Å². The molecule has 186 valence electrons. The van der Waals surface area contributed by atoms with Crippen LogP contribution in [0.4, 0.5) is 26.3 Å². The van der Waals surface area contributed by atoms with E-state index in [0.717, 1.165) is 31.4 Å². The molecule has 0 bridgehead atoms. The number of benzene rings is 3. The van der Waals surface area contributed by atoms with Gasteiger partial charge < -0.3 is 0 Å². The predicted molar refractivity (Wildman–Crippen MR) is 122 cm³/mol. The molecule has 0 fully saturated rings. The van der Waals surface area contributed by atoms with Gasteiger partial charge in [0.1, 0.15) is 0 Å². The molecule has 0 saturated carbocycles. The standard InChI is InChI=1S/C24H20F6NO3P/c1-32-18-15-13-17(14-16-18)21-31-22(23(25,26)27,24(28,29)30)35(33-2,34-21,19-9-5-3-6-10-19)20-11-7-4-8-12-20/h3-16H,1-2H3. The molecule has 0 spiro atoms. The molecule has 0 atom stereocenters. The van der Waals surface area contributed by atoms with Crippen molar-refractivity contribution in [1.82, 2.24) is 0 Å². The van der Waals surface area contributed by atoms with Gasteiger partial charge in [-0.15, -0.1) is 0 Å². The number of rotatable bonds is 5. The first-order chi connectivity index (χ1) is 16.5. The normalized spacial score (nSPS) is 19.7. The van der Waals surface area contributed by atoms with Gasteiger partial charge in [-0.1, -0.05) is 0 Å². The molecular weight excluding hydrogens is 495 g/mol. The van der Waals surface area contributed by atoms with Crippen LogP contribution in [-0.4, -0.2) is 37.7 Å². The molecule has 1 aliphatic rings. The van der Waals surface area contributed by atoms with Crippen LogP contribution >= 0.6 is 7.06 Å². The van der Waals surface area contributed by atoms with E-state index in [1.165, 1.54) is 67.8 Å². The molecular formula is C24H20F6NO3P. The van der Waals surface area contributed by atoms with E-state index in [2.05, 4.69) is 4.99 Å². The summed E-state index contributed by atoms with van der Waals surface area (Å²) in [4.78, 5) is 3.37. The number of aliphatic imine (C=N–C) groups is 1. The molecule has 4 rings (SSSR count). The molecule has 0 unspecified atom stereocenters. The van der Waals surface area contributed by atoms with E-state index in [4.69, 9.17) is 13.8 Å². The Hall–Kier alpha value is -3.10. The van der Waals surface area contributed by atoms with Crippen molar-refractivity contribution in [3.05, 3.63) is 90.5 Å². The van der Waals surface area contributed by atoms with Gasteiger partial charge in [-0.3, -0.25) is 0 Å². The molecule has 0 radical (unpaired) electrons. The SMILES string of the molecule is COc1ccc(C2=NC(C(F)(F)F)(C(F)(F)F)P(OC)(c3ccccc3)(c3ccccc3)O2)cc1. The van der Waals surface area contributed by atoms with Gasteiger partial charge in [-0.2, -0.15) is 0 Å². The minimum atomic E-state index is -6.24. The molecule has 4 nitrogen and oxygen atoms in total. The van der Waals surface area contributed by atoms with Crippen LogP contribution in [0.15, 0.2) is 89.9 Å². The molecule has 0 aliphatic carbocycles. The molecule has 0 saturated heterocycles. The fourth-order valence-electron chi connectivity index (χ4n) is 4.49. The van der Waals surface area contributed by atoms with Crippen molar-refractivity contribution < 1.29 is 40.1 Å². The summed E-state index contributed by atoms with van der Waals surface area (Å²) in [6.07, 6.45) is -11.9. The Bertz CT molecular complexity index is 1170. The number of methoxy groups -OCH3 is 1. The maximum absolute atomic E-state index is 15.0. The third-order valence-corrected chi connectivity index (χ3v) is 11.5. The van der Waals surface area contributed by atoms with Gasteiger partial charge in [0, 0.05) is 0 Å². The molecule has 0 N–H and O–H groups in total. The first-order valence-electron chi connectivity index (χ1n) is 10.2. The van der Waals surface area contributed by atoms with Crippen LogP contribution in [0.25, 0.3) is 0 Å². The number of ether oxygens (including phenoxy) is 1. The van der Waals surface area contributed by atoms with Crippen LogP contribution in [0.5, 0.6) is 5.75 Å². The van der Waals surface area contributed by atoms with Crippen LogP contribution in [-0.2, 0) is 9.05 Å². The van der Waals surface area contributed by atoms with Crippen molar-refractivity contribution in [3.8, 4) is 5.75 Å². The van der Waals surface area contributed by atoms with E-state index < -0.39 is 41.2 Å². The van der Waals surface area contributed by atoms with Crippen LogP contribution in [0.3, 0.4) is 0 Å². The summed E-state index contributed by atoms with van der Waals surface area (Å²) < 4.78 is 107. The van der Waals surface area contributed by atoms with Gasteiger partial charge in [-0.25, -0.2) is 0 Å². The maximum atomic E-state index is 15.0. The van der Waals surface area contributed by atoms with Gasteiger partial charge in [0.15, 0.2) is 0 Å². The second kappa shape index (κ2) is 8.24. The molecule has 35 heavy (non-hydrogen) atoms. The van der Waals surface area contributed by atoms with Crippen LogP contribution in [0, 0.1) is 0 Å². The Morgan fingerprint density at radius 2 is 1.17 bits per heavy atom. The van der Waals surface area contributed by atoms with E-state index >= 15 is 26.3 Å². The van der Waals surface area contributed by atoms with E-state index in [0.29, 0.717) is 5.75 Å². The summed E-state index contributed by atoms with van der Waals surface area (Å²) in [6.45, 7) is 0. The quantitative estimate of drug-likeness (QED) is 0.311. The van der Waals surface area contributed by atoms with E-state index in [-0.39, 0.29) is 5.56 Å². The molecule has 3 aromatic carbocycles. The van der Waals surface area contributed by atoms with Gasteiger partial charge in [0.25, 0.3) is 0 Å². The number of nitrogens with zero attached hydrogens (tertiary/aromatic N) is 1. The Labute approximate surface area is 197 Å². The zero-order valence-corrected chi connectivity index (χ0v) is 19.4. The summed E-state index contributed by atoms with van der Waals surface area (Å²) in [5.41, 5.74) is -0.0981. The Kier molecular flexibility index (Phi) is 5.89. The number of halogens is 6. The first kappa shape index (κ1) is 25.0. The Morgan fingerprint density at radius 1 is 0.714 bits per heavy atom. The van der Waals surface area contributed by atoms with Gasteiger partial charge in [0.2, 0.25) is 0 Å². The van der Waals surface area contributed by atoms with Gasteiger partial charge in [-0.05, 0) is 0 Å². The van der Waals surface area contributed by atoms with Crippen molar-refractivity contribution >= 4 is 23.6 Å². The van der Waals surface area contributed by atoms with Crippen molar-refractivity contribution in [3.63, 3.8) is 0 Å². The first-order valence-corrected chi connectivity index (χ1v) is 12.3. The van der Waals surface area contributed by atoms with Crippen LogP contribution in [0.2, 0.25) is 0 Å². The average molecular weight is 515 g/mol. The topological polar surface area (TPSA) is 40.0 Å². The number of hydrogen-bond donors (Lipinski definition) is 0. The summed E-state index contributed by atoms with van der Waals surface area (Å²) in [6, 6.07) is 18.2. The van der Waals surface area contributed by atoms with Crippen molar-refractivity contribution in [2.45, 2.75) is 17.6 Å². The second-order valence-corrected chi connectivity index (χ2v) is 11.9. The molecule has 11 heteroatoms. The summed E-state index contributed by atoms with van der Waals surface area (Å²) >= 11 is 0.